The lowest BCUT2D eigenvalue weighted by molar-refractivity contribution is -0.142. The number of para-hydroxylation sites is 1. The first-order chi connectivity index (χ1) is 8.90. The average Bonchev–Trinajstić information content (AvgIpc) is 2.35. The fourth-order valence-corrected chi connectivity index (χ4v) is 2.59. The fourth-order valence-electron chi connectivity index (χ4n) is 2.59. The molecule has 0 aliphatic carbocycles. The van der Waals surface area contributed by atoms with Gasteiger partial charge in [0.15, 0.2) is 0 Å². The molecule has 1 aromatic rings. The highest BCUT2D eigenvalue weighted by Gasteiger charge is 2.29. The molecule has 4 nitrogen and oxygen atoms in total. The van der Waals surface area contributed by atoms with E-state index in [-0.39, 0.29) is 0 Å². The van der Waals surface area contributed by atoms with Crippen LogP contribution in [0.2, 0.25) is 0 Å². The monoisotopic (exact) mass is 262 g/mol. The molecule has 0 saturated heterocycles. The maximum absolute atomic E-state index is 11.1. The van der Waals surface area contributed by atoms with Gasteiger partial charge in [-0.3, -0.25) is 4.79 Å². The van der Waals surface area contributed by atoms with Crippen LogP contribution in [0.3, 0.4) is 0 Å². The van der Waals surface area contributed by atoms with Crippen LogP contribution >= 0.6 is 0 Å². The van der Waals surface area contributed by atoms with Crippen molar-refractivity contribution in [1.29, 1.82) is 0 Å². The summed E-state index contributed by atoms with van der Waals surface area (Å²) in [5, 5.41) is 9.07. The van der Waals surface area contributed by atoms with Gasteiger partial charge in [0.25, 0.3) is 0 Å². The Hall–Kier alpha value is -1.55. The molecule has 4 heteroatoms. The summed E-state index contributed by atoms with van der Waals surface area (Å²) in [6.45, 7) is 5.45. The standard InChI is InChI=1S/C15H22N2O2/c1-11-9-12-5-3-4-6-13(12)17(10-11)8-7-15(2,16)14(18)19/h3-6,11H,7-10,16H2,1-2H3,(H,18,19). The Morgan fingerprint density at radius 3 is 2.89 bits per heavy atom. The van der Waals surface area contributed by atoms with Crippen molar-refractivity contribution in [2.45, 2.75) is 32.2 Å². The number of carboxylic acid groups (broad SMARTS) is 1. The average molecular weight is 262 g/mol. The highest BCUT2D eigenvalue weighted by atomic mass is 16.4. The third-order valence-corrected chi connectivity index (χ3v) is 3.82. The molecule has 2 rings (SSSR count). The second-order valence-corrected chi connectivity index (χ2v) is 5.86. The molecule has 0 bridgehead atoms. The van der Waals surface area contributed by atoms with E-state index >= 15 is 0 Å². The lowest BCUT2D eigenvalue weighted by atomic mass is 9.92. The summed E-state index contributed by atoms with van der Waals surface area (Å²) < 4.78 is 0. The van der Waals surface area contributed by atoms with E-state index in [1.165, 1.54) is 11.3 Å². The number of anilines is 1. The molecule has 3 N–H and O–H groups in total. The zero-order valence-electron chi connectivity index (χ0n) is 11.6. The van der Waals surface area contributed by atoms with Crippen LogP contribution in [0.5, 0.6) is 0 Å². The van der Waals surface area contributed by atoms with E-state index in [9.17, 15) is 4.79 Å². The number of rotatable bonds is 4. The second kappa shape index (κ2) is 5.21. The first-order valence-electron chi connectivity index (χ1n) is 6.75. The second-order valence-electron chi connectivity index (χ2n) is 5.86. The molecule has 0 radical (unpaired) electrons. The molecule has 0 aromatic heterocycles. The predicted octanol–water partition coefficient (Wildman–Crippen LogP) is 1.88. The van der Waals surface area contributed by atoms with Gasteiger partial charge in [0.05, 0.1) is 0 Å². The molecular formula is C15H22N2O2. The molecule has 104 valence electrons. The van der Waals surface area contributed by atoms with Gasteiger partial charge >= 0.3 is 5.97 Å². The normalized spacial score (nSPS) is 21.6. The van der Waals surface area contributed by atoms with E-state index < -0.39 is 11.5 Å². The van der Waals surface area contributed by atoms with E-state index in [2.05, 4.69) is 30.0 Å². The van der Waals surface area contributed by atoms with E-state index in [4.69, 9.17) is 10.8 Å². The van der Waals surface area contributed by atoms with Gasteiger partial charge in [-0.05, 0) is 37.3 Å². The van der Waals surface area contributed by atoms with Gasteiger partial charge in [0.2, 0.25) is 0 Å². The fraction of sp³-hybridized carbons (Fsp3) is 0.533. The minimum Gasteiger partial charge on any atom is -0.480 e. The summed E-state index contributed by atoms with van der Waals surface area (Å²) in [5.74, 6) is -0.352. The van der Waals surface area contributed by atoms with Gasteiger partial charge in [-0.25, -0.2) is 0 Å². The number of hydrogen-bond donors (Lipinski definition) is 2. The number of benzene rings is 1. The minimum absolute atomic E-state index is 0.448. The maximum atomic E-state index is 11.1. The van der Waals surface area contributed by atoms with Crippen LogP contribution in [-0.4, -0.2) is 29.7 Å². The van der Waals surface area contributed by atoms with E-state index in [0.717, 1.165) is 13.0 Å². The Balaban J connectivity index is 2.11. The van der Waals surface area contributed by atoms with Gasteiger partial charge in [-0.2, -0.15) is 0 Å². The van der Waals surface area contributed by atoms with Crippen molar-refractivity contribution >= 4 is 11.7 Å². The molecular weight excluding hydrogens is 240 g/mol. The zero-order valence-corrected chi connectivity index (χ0v) is 11.6. The van der Waals surface area contributed by atoms with E-state index in [0.29, 0.717) is 18.9 Å². The molecule has 0 fully saturated rings. The van der Waals surface area contributed by atoms with Crippen molar-refractivity contribution in [3.05, 3.63) is 29.8 Å². The molecule has 1 heterocycles. The molecule has 0 saturated carbocycles. The Labute approximate surface area is 114 Å². The quantitative estimate of drug-likeness (QED) is 0.869. The number of nitrogens with zero attached hydrogens (tertiary/aromatic N) is 1. The number of carbonyl (C=O) groups is 1. The number of nitrogens with two attached hydrogens (primary N) is 1. The van der Waals surface area contributed by atoms with Crippen LogP contribution in [0.4, 0.5) is 5.69 Å². The third kappa shape index (κ3) is 3.07. The summed E-state index contributed by atoms with van der Waals surface area (Å²) in [5.41, 5.74) is 7.21. The Morgan fingerprint density at radius 1 is 1.53 bits per heavy atom. The molecule has 2 atom stereocenters. The third-order valence-electron chi connectivity index (χ3n) is 3.82. The van der Waals surface area contributed by atoms with Crippen molar-refractivity contribution < 1.29 is 9.90 Å². The summed E-state index contributed by atoms with van der Waals surface area (Å²) in [6.07, 6.45) is 1.54. The van der Waals surface area contributed by atoms with Crippen molar-refractivity contribution in [3.63, 3.8) is 0 Å². The van der Waals surface area contributed by atoms with Gasteiger partial charge in [0.1, 0.15) is 5.54 Å². The van der Waals surface area contributed by atoms with Crippen LogP contribution in [0, 0.1) is 5.92 Å². The highest BCUT2D eigenvalue weighted by Crippen LogP contribution is 2.29. The van der Waals surface area contributed by atoms with Gasteiger partial charge < -0.3 is 15.7 Å². The van der Waals surface area contributed by atoms with E-state index in [1.807, 2.05) is 6.07 Å². The lowest BCUT2D eigenvalue weighted by Gasteiger charge is -2.36. The van der Waals surface area contributed by atoms with E-state index in [1.54, 1.807) is 6.92 Å². The Bertz CT molecular complexity index is 471. The molecule has 0 amide bonds. The lowest BCUT2D eigenvalue weighted by Crippen LogP contribution is -2.48. The Kier molecular flexibility index (Phi) is 3.80. The van der Waals surface area contributed by atoms with Crippen molar-refractivity contribution in [2.24, 2.45) is 11.7 Å². The van der Waals surface area contributed by atoms with Gasteiger partial charge in [-0.15, -0.1) is 0 Å². The topological polar surface area (TPSA) is 66.6 Å². The summed E-state index contributed by atoms with van der Waals surface area (Å²) in [4.78, 5) is 13.3. The highest BCUT2D eigenvalue weighted by molar-refractivity contribution is 5.77. The van der Waals surface area contributed by atoms with Crippen LogP contribution < -0.4 is 10.6 Å². The molecule has 19 heavy (non-hydrogen) atoms. The van der Waals surface area contributed by atoms with Gasteiger partial charge in [-0.1, -0.05) is 25.1 Å². The van der Waals surface area contributed by atoms with Crippen molar-refractivity contribution in [1.82, 2.24) is 0 Å². The molecule has 1 aliphatic rings. The van der Waals surface area contributed by atoms with Crippen molar-refractivity contribution in [3.8, 4) is 0 Å². The first-order valence-corrected chi connectivity index (χ1v) is 6.75. The number of aliphatic carboxylic acids is 1. The van der Waals surface area contributed by atoms with Crippen LogP contribution in [0.1, 0.15) is 25.8 Å². The summed E-state index contributed by atoms with van der Waals surface area (Å²) >= 11 is 0. The number of hydrogen-bond acceptors (Lipinski definition) is 3. The largest absolute Gasteiger partial charge is 0.480 e. The summed E-state index contributed by atoms with van der Waals surface area (Å²) in [6, 6.07) is 8.34. The minimum atomic E-state index is -1.16. The smallest absolute Gasteiger partial charge is 0.323 e. The SMILES string of the molecule is CC1Cc2ccccc2N(CCC(C)(N)C(=O)O)C1. The van der Waals surface area contributed by atoms with Gasteiger partial charge in [0, 0.05) is 18.8 Å². The molecule has 2 unspecified atom stereocenters. The first kappa shape index (κ1) is 13.9. The number of carboxylic acids is 1. The maximum Gasteiger partial charge on any atom is 0.323 e. The van der Waals surface area contributed by atoms with Crippen LogP contribution in [-0.2, 0) is 11.2 Å². The number of fused-ring (bicyclic) bond motifs is 1. The molecule has 1 aliphatic heterocycles. The molecule has 1 aromatic carbocycles. The molecule has 0 spiro atoms. The predicted molar refractivity (Wildman–Crippen MR) is 76.4 cm³/mol. The van der Waals surface area contributed by atoms with Crippen molar-refractivity contribution in [2.75, 3.05) is 18.0 Å². The van der Waals surface area contributed by atoms with Crippen LogP contribution in [0.25, 0.3) is 0 Å². The Morgan fingerprint density at radius 2 is 2.21 bits per heavy atom. The van der Waals surface area contributed by atoms with Crippen LogP contribution in [0.15, 0.2) is 24.3 Å². The summed E-state index contributed by atoms with van der Waals surface area (Å²) in [7, 11) is 0. The zero-order chi connectivity index (χ0) is 14.0.